The Morgan fingerprint density at radius 2 is 2.10 bits per heavy atom. The summed E-state index contributed by atoms with van der Waals surface area (Å²) in [7, 11) is 0. The van der Waals surface area contributed by atoms with Gasteiger partial charge in [-0.2, -0.15) is 17.8 Å². The van der Waals surface area contributed by atoms with Gasteiger partial charge in [-0.25, -0.2) is 4.98 Å². The molecule has 0 radical (unpaired) electrons. The fourth-order valence-electron chi connectivity index (χ4n) is 1.89. The first kappa shape index (κ1) is 14.6. The Morgan fingerprint density at radius 1 is 1.45 bits per heavy atom. The number of rotatable bonds is 2. The van der Waals surface area contributed by atoms with Crippen LogP contribution in [0, 0.1) is 5.92 Å². The molecular formula is C10H10ClF3N4O2. The maximum Gasteiger partial charge on any atom is 0.433 e. The molecule has 0 aliphatic carbocycles. The SMILES string of the molecule is Nn1c(N2CC(CCl)CC2=O)nc(C(F)(F)F)cc1=O. The summed E-state index contributed by atoms with van der Waals surface area (Å²) in [5, 5.41) is 0. The van der Waals surface area contributed by atoms with E-state index in [9.17, 15) is 22.8 Å². The highest BCUT2D eigenvalue weighted by Gasteiger charge is 2.37. The molecule has 2 heterocycles. The summed E-state index contributed by atoms with van der Waals surface area (Å²) in [6, 6.07) is 0.281. The third-order valence-corrected chi connectivity index (χ3v) is 3.33. The van der Waals surface area contributed by atoms with Gasteiger partial charge in [-0.3, -0.25) is 14.5 Å². The van der Waals surface area contributed by atoms with E-state index in [-0.39, 0.29) is 30.8 Å². The van der Waals surface area contributed by atoms with Crippen molar-refractivity contribution in [3.8, 4) is 0 Å². The van der Waals surface area contributed by atoms with Crippen molar-refractivity contribution < 1.29 is 18.0 Å². The van der Waals surface area contributed by atoms with Gasteiger partial charge in [0.05, 0.1) is 0 Å². The Labute approximate surface area is 115 Å². The van der Waals surface area contributed by atoms with Crippen molar-refractivity contribution in [2.24, 2.45) is 5.92 Å². The molecule has 110 valence electrons. The molecule has 2 rings (SSSR count). The number of amides is 1. The number of hydrogen-bond acceptors (Lipinski definition) is 4. The Kier molecular flexibility index (Phi) is 3.63. The van der Waals surface area contributed by atoms with E-state index < -0.39 is 29.3 Å². The number of nitrogen functional groups attached to an aromatic ring is 1. The van der Waals surface area contributed by atoms with E-state index in [1.165, 1.54) is 0 Å². The van der Waals surface area contributed by atoms with E-state index in [0.717, 1.165) is 4.90 Å². The summed E-state index contributed by atoms with van der Waals surface area (Å²) in [6.45, 7) is 0.0767. The lowest BCUT2D eigenvalue weighted by Gasteiger charge is -2.19. The zero-order chi connectivity index (χ0) is 15.1. The van der Waals surface area contributed by atoms with Gasteiger partial charge in [0.1, 0.15) is 0 Å². The van der Waals surface area contributed by atoms with Crippen molar-refractivity contribution in [1.82, 2.24) is 9.66 Å². The molecule has 0 saturated carbocycles. The molecule has 1 atom stereocenters. The van der Waals surface area contributed by atoms with Crippen LogP contribution in [0.25, 0.3) is 0 Å². The van der Waals surface area contributed by atoms with Crippen LogP contribution in [0.3, 0.4) is 0 Å². The minimum Gasteiger partial charge on any atom is -0.333 e. The van der Waals surface area contributed by atoms with E-state index in [4.69, 9.17) is 17.4 Å². The molecule has 1 fully saturated rings. The minimum atomic E-state index is -4.79. The second-order valence-corrected chi connectivity index (χ2v) is 4.68. The molecular weight excluding hydrogens is 301 g/mol. The van der Waals surface area contributed by atoms with Crippen LogP contribution in [0.1, 0.15) is 12.1 Å². The van der Waals surface area contributed by atoms with Crippen LogP contribution in [-0.4, -0.2) is 28.0 Å². The molecule has 1 amide bonds. The number of hydrogen-bond donors (Lipinski definition) is 1. The van der Waals surface area contributed by atoms with Crippen molar-refractivity contribution in [1.29, 1.82) is 0 Å². The molecule has 2 N–H and O–H groups in total. The van der Waals surface area contributed by atoms with E-state index in [0.29, 0.717) is 4.68 Å². The lowest BCUT2D eigenvalue weighted by atomic mass is 10.2. The van der Waals surface area contributed by atoms with E-state index >= 15 is 0 Å². The summed E-state index contributed by atoms with van der Waals surface area (Å²) < 4.78 is 38.3. The number of nitrogens with zero attached hydrogens (tertiary/aromatic N) is 3. The van der Waals surface area contributed by atoms with Crippen molar-refractivity contribution in [2.75, 3.05) is 23.2 Å². The molecule has 1 unspecified atom stereocenters. The summed E-state index contributed by atoms with van der Waals surface area (Å²) in [4.78, 5) is 27.4. The molecule has 0 spiro atoms. The molecule has 1 aliphatic heterocycles. The summed E-state index contributed by atoms with van der Waals surface area (Å²) in [5.74, 6) is 4.34. The van der Waals surface area contributed by atoms with Gasteiger partial charge in [-0.15, -0.1) is 11.6 Å². The average molecular weight is 311 g/mol. The average Bonchev–Trinajstić information content (AvgIpc) is 2.72. The smallest absolute Gasteiger partial charge is 0.333 e. The predicted molar refractivity (Wildman–Crippen MR) is 64.8 cm³/mol. The number of alkyl halides is 4. The fraction of sp³-hybridized carbons (Fsp3) is 0.500. The maximum absolute atomic E-state index is 12.6. The van der Waals surface area contributed by atoms with Crippen LogP contribution >= 0.6 is 11.6 Å². The largest absolute Gasteiger partial charge is 0.433 e. The van der Waals surface area contributed by atoms with Gasteiger partial charge in [0.15, 0.2) is 5.69 Å². The molecule has 0 bridgehead atoms. The molecule has 1 aromatic heterocycles. The van der Waals surface area contributed by atoms with Gasteiger partial charge < -0.3 is 5.84 Å². The number of nitrogens with two attached hydrogens (primary N) is 1. The van der Waals surface area contributed by atoms with Crippen LogP contribution in [0.2, 0.25) is 0 Å². The van der Waals surface area contributed by atoms with Gasteiger partial charge in [0, 0.05) is 24.9 Å². The number of carbonyl (C=O) groups is 1. The topological polar surface area (TPSA) is 81.2 Å². The molecule has 0 aromatic carbocycles. The molecule has 1 aliphatic rings. The standard InChI is InChI=1S/C10H10ClF3N4O2/c11-3-5-1-7(19)17(4-5)9-16-6(10(12,13)14)2-8(20)18(9)15/h2,5H,1,3-4,15H2. The van der Waals surface area contributed by atoms with Crippen molar-refractivity contribution in [2.45, 2.75) is 12.6 Å². The molecule has 10 heteroatoms. The predicted octanol–water partition coefficient (Wildman–Crippen LogP) is 0.568. The Bertz CT molecular complexity index is 601. The molecule has 1 saturated heterocycles. The maximum atomic E-state index is 12.6. The summed E-state index contributed by atoms with van der Waals surface area (Å²) in [6.07, 6.45) is -4.72. The van der Waals surface area contributed by atoms with Crippen LogP contribution in [0.4, 0.5) is 19.1 Å². The first-order valence-electron chi connectivity index (χ1n) is 5.56. The summed E-state index contributed by atoms with van der Waals surface area (Å²) in [5.41, 5.74) is -2.48. The van der Waals surface area contributed by atoms with E-state index in [1.807, 2.05) is 0 Å². The third-order valence-electron chi connectivity index (χ3n) is 2.89. The lowest BCUT2D eigenvalue weighted by molar-refractivity contribution is -0.141. The van der Waals surface area contributed by atoms with Gasteiger partial charge in [0.2, 0.25) is 11.9 Å². The van der Waals surface area contributed by atoms with E-state index in [1.54, 1.807) is 0 Å². The zero-order valence-electron chi connectivity index (χ0n) is 10.0. The van der Waals surface area contributed by atoms with Crippen LogP contribution in [0.5, 0.6) is 0 Å². The monoisotopic (exact) mass is 310 g/mol. The van der Waals surface area contributed by atoms with Gasteiger partial charge in [0.25, 0.3) is 5.56 Å². The van der Waals surface area contributed by atoms with Crippen LogP contribution in [0.15, 0.2) is 10.9 Å². The summed E-state index contributed by atoms with van der Waals surface area (Å²) >= 11 is 5.62. The second kappa shape index (κ2) is 4.97. The first-order chi connectivity index (χ1) is 9.24. The van der Waals surface area contributed by atoms with E-state index in [2.05, 4.69) is 4.98 Å². The fourth-order valence-corrected chi connectivity index (χ4v) is 2.10. The number of halogens is 4. The highest BCUT2D eigenvalue weighted by atomic mass is 35.5. The second-order valence-electron chi connectivity index (χ2n) is 4.38. The number of aromatic nitrogens is 2. The van der Waals surface area contributed by atoms with Crippen LogP contribution in [-0.2, 0) is 11.0 Å². The molecule has 1 aromatic rings. The molecule has 6 nitrogen and oxygen atoms in total. The van der Waals surface area contributed by atoms with Crippen molar-refractivity contribution in [3.05, 3.63) is 22.1 Å². The molecule has 20 heavy (non-hydrogen) atoms. The minimum absolute atomic E-state index is 0.0767. The zero-order valence-corrected chi connectivity index (χ0v) is 10.8. The van der Waals surface area contributed by atoms with Gasteiger partial charge in [-0.1, -0.05) is 0 Å². The normalized spacial score (nSPS) is 19.7. The van der Waals surface area contributed by atoms with Crippen molar-refractivity contribution in [3.63, 3.8) is 0 Å². The quantitative estimate of drug-likeness (QED) is 0.639. The van der Waals surface area contributed by atoms with Gasteiger partial charge in [-0.05, 0) is 5.92 Å². The Morgan fingerprint density at radius 3 is 2.60 bits per heavy atom. The third kappa shape index (κ3) is 2.58. The first-order valence-corrected chi connectivity index (χ1v) is 6.10. The highest BCUT2D eigenvalue weighted by molar-refractivity contribution is 6.18. The Balaban J connectivity index is 2.49. The van der Waals surface area contributed by atoms with Gasteiger partial charge >= 0.3 is 6.18 Å². The highest BCUT2D eigenvalue weighted by Crippen LogP contribution is 2.29. The Hall–Kier alpha value is -1.77. The number of carbonyl (C=O) groups excluding carboxylic acids is 1. The van der Waals surface area contributed by atoms with Crippen molar-refractivity contribution >= 4 is 23.5 Å². The number of anilines is 1. The lowest BCUT2D eigenvalue weighted by Crippen LogP contribution is -2.38. The van der Waals surface area contributed by atoms with Crippen LogP contribution < -0.4 is 16.3 Å².